The molecule has 0 radical (unpaired) electrons. The molecule has 1 atom stereocenters. The van der Waals surface area contributed by atoms with Crippen LogP contribution in [0, 0.1) is 5.92 Å². The van der Waals surface area contributed by atoms with Gasteiger partial charge in [-0.05, 0) is 24.3 Å². The molecule has 0 aliphatic heterocycles. The molecule has 1 N–H and O–H groups in total. The van der Waals surface area contributed by atoms with Gasteiger partial charge in [0.15, 0.2) is 0 Å². The number of benzene rings is 1. The second kappa shape index (κ2) is 8.65. The van der Waals surface area contributed by atoms with Crippen molar-refractivity contribution in [2.45, 2.75) is 51.8 Å². The van der Waals surface area contributed by atoms with Gasteiger partial charge >= 0.3 is 5.97 Å². The highest BCUT2D eigenvalue weighted by Crippen LogP contribution is 2.28. The molecule has 1 aliphatic rings. The van der Waals surface area contributed by atoms with E-state index in [1.54, 1.807) is 6.20 Å². The molecule has 0 saturated heterocycles. The smallest absolute Gasteiger partial charge is 0.329 e. The SMILES string of the molecule is CC(=O)NC(C(=O)OCc1nccn1Cc1ccccc1)C1CCCC1. The van der Waals surface area contributed by atoms with Gasteiger partial charge in [-0.3, -0.25) is 4.79 Å². The van der Waals surface area contributed by atoms with Crippen LogP contribution in [0.3, 0.4) is 0 Å². The van der Waals surface area contributed by atoms with Gasteiger partial charge in [0.1, 0.15) is 18.5 Å². The van der Waals surface area contributed by atoms with Gasteiger partial charge in [-0.25, -0.2) is 9.78 Å². The monoisotopic (exact) mass is 355 g/mol. The zero-order valence-corrected chi connectivity index (χ0v) is 15.1. The molecule has 1 fully saturated rings. The number of imidazole rings is 1. The van der Waals surface area contributed by atoms with E-state index in [4.69, 9.17) is 4.74 Å². The molecule has 1 heterocycles. The number of hydrogen-bond acceptors (Lipinski definition) is 4. The predicted molar refractivity (Wildman–Crippen MR) is 97.1 cm³/mol. The van der Waals surface area contributed by atoms with Crippen LogP contribution < -0.4 is 5.32 Å². The summed E-state index contributed by atoms with van der Waals surface area (Å²) in [5.41, 5.74) is 1.15. The molecule has 6 heteroatoms. The number of amides is 1. The Kier molecular flexibility index (Phi) is 6.04. The fourth-order valence-corrected chi connectivity index (χ4v) is 3.51. The standard InChI is InChI=1S/C20H25N3O3/c1-15(24)22-19(17-9-5-6-10-17)20(25)26-14-18-21-11-12-23(18)13-16-7-3-2-4-8-16/h2-4,7-8,11-12,17,19H,5-6,9-10,13-14H2,1H3,(H,22,24). The van der Waals surface area contributed by atoms with Crippen LogP contribution in [0.1, 0.15) is 44.0 Å². The summed E-state index contributed by atoms with van der Waals surface area (Å²) in [5.74, 6) is 0.274. The summed E-state index contributed by atoms with van der Waals surface area (Å²) in [7, 11) is 0. The van der Waals surface area contributed by atoms with Crippen LogP contribution >= 0.6 is 0 Å². The highest BCUT2D eigenvalue weighted by molar-refractivity contribution is 5.83. The van der Waals surface area contributed by atoms with Crippen molar-refractivity contribution in [1.29, 1.82) is 0 Å². The number of esters is 1. The van der Waals surface area contributed by atoms with Gasteiger partial charge in [0.2, 0.25) is 5.91 Å². The van der Waals surface area contributed by atoms with Crippen molar-refractivity contribution >= 4 is 11.9 Å². The third kappa shape index (κ3) is 4.71. The van der Waals surface area contributed by atoms with Crippen molar-refractivity contribution < 1.29 is 14.3 Å². The zero-order chi connectivity index (χ0) is 18.4. The van der Waals surface area contributed by atoms with E-state index < -0.39 is 6.04 Å². The van der Waals surface area contributed by atoms with Gasteiger partial charge in [-0.15, -0.1) is 0 Å². The van der Waals surface area contributed by atoms with E-state index >= 15 is 0 Å². The molecule has 1 amide bonds. The highest BCUT2D eigenvalue weighted by atomic mass is 16.5. The summed E-state index contributed by atoms with van der Waals surface area (Å²) in [6.07, 6.45) is 7.66. The van der Waals surface area contributed by atoms with Crippen molar-refractivity contribution in [3.05, 3.63) is 54.1 Å². The second-order valence-corrected chi connectivity index (χ2v) is 6.79. The minimum absolute atomic E-state index is 0.0987. The Morgan fingerprint density at radius 2 is 2.00 bits per heavy atom. The lowest BCUT2D eigenvalue weighted by Crippen LogP contribution is -2.45. The van der Waals surface area contributed by atoms with Gasteiger partial charge in [0.25, 0.3) is 0 Å². The van der Waals surface area contributed by atoms with Crippen LogP contribution in [0.4, 0.5) is 0 Å². The molecular formula is C20H25N3O3. The van der Waals surface area contributed by atoms with Gasteiger partial charge in [0.05, 0.1) is 0 Å². The number of nitrogens with one attached hydrogen (secondary N) is 1. The first-order valence-electron chi connectivity index (χ1n) is 9.11. The summed E-state index contributed by atoms with van der Waals surface area (Å²) in [5, 5.41) is 2.77. The lowest BCUT2D eigenvalue weighted by Gasteiger charge is -2.22. The minimum Gasteiger partial charge on any atom is -0.456 e. The van der Waals surface area contributed by atoms with Gasteiger partial charge in [-0.2, -0.15) is 0 Å². The second-order valence-electron chi connectivity index (χ2n) is 6.79. The Balaban J connectivity index is 1.61. The van der Waals surface area contributed by atoms with E-state index in [1.165, 1.54) is 6.92 Å². The van der Waals surface area contributed by atoms with E-state index in [-0.39, 0.29) is 24.4 Å². The summed E-state index contributed by atoms with van der Waals surface area (Å²) in [4.78, 5) is 28.3. The Morgan fingerprint density at radius 3 is 2.69 bits per heavy atom. The van der Waals surface area contributed by atoms with Crippen molar-refractivity contribution in [3.63, 3.8) is 0 Å². The average Bonchev–Trinajstić information content (AvgIpc) is 3.30. The van der Waals surface area contributed by atoms with E-state index in [1.807, 2.05) is 41.1 Å². The average molecular weight is 355 g/mol. The minimum atomic E-state index is -0.562. The van der Waals surface area contributed by atoms with Crippen molar-refractivity contribution in [2.24, 2.45) is 5.92 Å². The fourth-order valence-electron chi connectivity index (χ4n) is 3.51. The number of rotatable bonds is 7. The summed E-state index contributed by atoms with van der Waals surface area (Å²) >= 11 is 0. The quantitative estimate of drug-likeness (QED) is 0.775. The van der Waals surface area contributed by atoms with Gasteiger partial charge < -0.3 is 14.6 Å². The van der Waals surface area contributed by atoms with Crippen LogP contribution in [0.25, 0.3) is 0 Å². The van der Waals surface area contributed by atoms with Gasteiger partial charge in [-0.1, -0.05) is 43.2 Å². The van der Waals surface area contributed by atoms with Crippen LogP contribution in [-0.4, -0.2) is 27.5 Å². The van der Waals surface area contributed by atoms with E-state index in [0.29, 0.717) is 12.4 Å². The molecule has 1 saturated carbocycles. The Hall–Kier alpha value is -2.63. The number of aromatic nitrogens is 2. The van der Waals surface area contributed by atoms with Crippen LogP contribution in [-0.2, 0) is 27.5 Å². The molecule has 1 aromatic carbocycles. The molecule has 1 aliphatic carbocycles. The predicted octanol–water partition coefficient (Wildman–Crippen LogP) is 2.67. The summed E-state index contributed by atoms with van der Waals surface area (Å²) in [6, 6.07) is 9.49. The Labute approximate surface area is 153 Å². The molecule has 2 aromatic rings. The Bertz CT molecular complexity index is 736. The third-order valence-corrected chi connectivity index (χ3v) is 4.82. The first-order valence-corrected chi connectivity index (χ1v) is 9.11. The molecule has 26 heavy (non-hydrogen) atoms. The lowest BCUT2D eigenvalue weighted by atomic mass is 9.98. The molecule has 6 nitrogen and oxygen atoms in total. The normalized spacial score (nSPS) is 15.6. The molecule has 1 unspecified atom stereocenters. The fraction of sp³-hybridized carbons (Fsp3) is 0.450. The summed E-state index contributed by atoms with van der Waals surface area (Å²) in [6.45, 7) is 2.20. The van der Waals surface area contributed by atoms with Gasteiger partial charge in [0, 0.05) is 25.9 Å². The molecular weight excluding hydrogens is 330 g/mol. The van der Waals surface area contributed by atoms with E-state index in [0.717, 1.165) is 31.2 Å². The Morgan fingerprint density at radius 1 is 1.27 bits per heavy atom. The van der Waals surface area contributed by atoms with E-state index in [9.17, 15) is 9.59 Å². The number of ether oxygens (including phenoxy) is 1. The first kappa shape index (κ1) is 18.2. The van der Waals surface area contributed by atoms with Crippen molar-refractivity contribution in [3.8, 4) is 0 Å². The highest BCUT2D eigenvalue weighted by Gasteiger charge is 2.32. The maximum Gasteiger partial charge on any atom is 0.329 e. The zero-order valence-electron chi connectivity index (χ0n) is 15.1. The lowest BCUT2D eigenvalue weighted by molar-refractivity contribution is -0.151. The van der Waals surface area contributed by atoms with Crippen LogP contribution in [0.15, 0.2) is 42.7 Å². The maximum absolute atomic E-state index is 12.6. The molecule has 138 valence electrons. The molecule has 1 aromatic heterocycles. The summed E-state index contributed by atoms with van der Waals surface area (Å²) < 4.78 is 7.47. The number of nitrogens with zero attached hydrogens (tertiary/aromatic N) is 2. The van der Waals surface area contributed by atoms with Crippen molar-refractivity contribution in [2.75, 3.05) is 0 Å². The van der Waals surface area contributed by atoms with Crippen molar-refractivity contribution in [1.82, 2.24) is 14.9 Å². The van der Waals surface area contributed by atoms with Crippen LogP contribution in [0.5, 0.6) is 0 Å². The van der Waals surface area contributed by atoms with E-state index in [2.05, 4.69) is 10.3 Å². The first-order chi connectivity index (χ1) is 12.6. The number of hydrogen-bond donors (Lipinski definition) is 1. The number of carbonyl (C=O) groups is 2. The maximum atomic E-state index is 12.6. The molecule has 0 spiro atoms. The van der Waals surface area contributed by atoms with Crippen LogP contribution in [0.2, 0.25) is 0 Å². The largest absolute Gasteiger partial charge is 0.456 e. The number of carbonyl (C=O) groups excluding carboxylic acids is 2. The molecule has 3 rings (SSSR count). The topological polar surface area (TPSA) is 73.2 Å². The molecule has 0 bridgehead atoms. The third-order valence-electron chi connectivity index (χ3n) is 4.82.